The highest BCUT2D eigenvalue weighted by molar-refractivity contribution is 6.30. The lowest BCUT2D eigenvalue weighted by molar-refractivity contribution is -0.145. The molecule has 0 unspecified atom stereocenters. The minimum atomic E-state index is -0.852. The maximum atomic E-state index is 13.3. The van der Waals surface area contributed by atoms with E-state index in [2.05, 4.69) is 20.4 Å². The van der Waals surface area contributed by atoms with Crippen LogP contribution in [0, 0.1) is 0 Å². The smallest absolute Gasteiger partial charge is 0.243 e. The Bertz CT molecular complexity index is 1330. The number of nitrogens with zero attached hydrogens (tertiary/aromatic N) is 3. The molecule has 10 heteroatoms. The van der Waals surface area contributed by atoms with Crippen LogP contribution in [0.4, 0.5) is 11.4 Å². The Morgan fingerprint density at radius 2 is 1.62 bits per heavy atom. The minimum absolute atomic E-state index is 0.123. The van der Waals surface area contributed by atoms with E-state index in [1.54, 1.807) is 29.2 Å². The summed E-state index contributed by atoms with van der Waals surface area (Å²) < 4.78 is 5.79. The van der Waals surface area contributed by atoms with Crippen molar-refractivity contribution in [2.75, 3.05) is 56.0 Å². The van der Waals surface area contributed by atoms with Crippen LogP contribution in [0.1, 0.15) is 6.42 Å². The number of benzene rings is 3. The van der Waals surface area contributed by atoms with Gasteiger partial charge < -0.3 is 25.2 Å². The fraction of sp³-hybridized carbons (Fsp3) is 0.300. The van der Waals surface area contributed by atoms with Gasteiger partial charge in [0.2, 0.25) is 17.7 Å². The van der Waals surface area contributed by atoms with Crippen LogP contribution in [-0.2, 0) is 14.4 Å². The molecule has 0 saturated carbocycles. The molecular formula is C30H32ClN5O4. The van der Waals surface area contributed by atoms with E-state index in [1.807, 2.05) is 54.6 Å². The van der Waals surface area contributed by atoms with E-state index in [1.165, 1.54) is 0 Å². The third-order valence-electron chi connectivity index (χ3n) is 7.05. The molecule has 2 saturated heterocycles. The van der Waals surface area contributed by atoms with Gasteiger partial charge in [0.25, 0.3) is 0 Å². The van der Waals surface area contributed by atoms with Gasteiger partial charge in [0, 0.05) is 55.7 Å². The summed E-state index contributed by atoms with van der Waals surface area (Å²) in [5, 5.41) is 6.31. The van der Waals surface area contributed by atoms with Crippen molar-refractivity contribution in [3.05, 3.63) is 83.9 Å². The fourth-order valence-electron chi connectivity index (χ4n) is 4.95. The van der Waals surface area contributed by atoms with Crippen LogP contribution in [-0.4, -0.2) is 79.4 Å². The monoisotopic (exact) mass is 561 g/mol. The highest BCUT2D eigenvalue weighted by atomic mass is 35.5. The van der Waals surface area contributed by atoms with Gasteiger partial charge in [-0.25, -0.2) is 0 Å². The fourth-order valence-corrected chi connectivity index (χ4v) is 5.14. The summed E-state index contributed by atoms with van der Waals surface area (Å²) >= 11 is 6.13. The SMILES string of the molecule is O=C(C[C@@H]1C(=O)NCCN1C(=O)CN1CCN(c2cccc(Cl)c2)CC1)Nc1ccc(Oc2ccccc2)cc1. The highest BCUT2D eigenvalue weighted by Gasteiger charge is 2.35. The largest absolute Gasteiger partial charge is 0.457 e. The summed E-state index contributed by atoms with van der Waals surface area (Å²) in [6.45, 7) is 3.92. The predicted octanol–water partition coefficient (Wildman–Crippen LogP) is 3.61. The van der Waals surface area contributed by atoms with E-state index in [0.29, 0.717) is 42.6 Å². The number of para-hydroxylation sites is 1. The van der Waals surface area contributed by atoms with E-state index in [0.717, 1.165) is 24.5 Å². The third kappa shape index (κ3) is 7.11. The Hall–Kier alpha value is -4.08. The summed E-state index contributed by atoms with van der Waals surface area (Å²) in [5.41, 5.74) is 1.65. The highest BCUT2D eigenvalue weighted by Crippen LogP contribution is 2.23. The van der Waals surface area contributed by atoms with Crippen LogP contribution in [0.3, 0.4) is 0 Å². The lowest BCUT2D eigenvalue weighted by Gasteiger charge is -2.39. The van der Waals surface area contributed by atoms with Gasteiger partial charge in [-0.1, -0.05) is 35.9 Å². The van der Waals surface area contributed by atoms with Gasteiger partial charge in [-0.05, 0) is 54.6 Å². The number of piperazine rings is 2. The summed E-state index contributed by atoms with van der Waals surface area (Å²) in [6.07, 6.45) is -0.123. The first-order valence-corrected chi connectivity index (χ1v) is 13.8. The van der Waals surface area contributed by atoms with Gasteiger partial charge in [-0.3, -0.25) is 19.3 Å². The van der Waals surface area contributed by atoms with E-state index >= 15 is 0 Å². The average molecular weight is 562 g/mol. The van der Waals surface area contributed by atoms with Crippen molar-refractivity contribution in [2.24, 2.45) is 0 Å². The van der Waals surface area contributed by atoms with Crippen LogP contribution in [0.15, 0.2) is 78.9 Å². The molecule has 1 atom stereocenters. The Labute approximate surface area is 238 Å². The first-order valence-electron chi connectivity index (χ1n) is 13.4. The second-order valence-electron chi connectivity index (χ2n) is 9.83. The normalized spacial score (nSPS) is 17.7. The van der Waals surface area contributed by atoms with E-state index in [9.17, 15) is 14.4 Å². The number of ether oxygens (including phenoxy) is 1. The first-order chi connectivity index (χ1) is 19.4. The molecule has 5 rings (SSSR count). The summed E-state index contributed by atoms with van der Waals surface area (Å²) in [6, 6.07) is 23.3. The van der Waals surface area contributed by atoms with Crippen molar-refractivity contribution in [3.63, 3.8) is 0 Å². The average Bonchev–Trinajstić information content (AvgIpc) is 2.96. The number of anilines is 2. The molecule has 0 spiro atoms. The zero-order chi connectivity index (χ0) is 27.9. The second-order valence-corrected chi connectivity index (χ2v) is 10.3. The number of carbonyl (C=O) groups is 3. The molecule has 3 amide bonds. The van der Waals surface area contributed by atoms with Crippen molar-refractivity contribution in [3.8, 4) is 11.5 Å². The van der Waals surface area contributed by atoms with E-state index in [-0.39, 0.29) is 30.7 Å². The first kappa shape index (κ1) is 27.5. The molecule has 2 aliphatic heterocycles. The Kier molecular flexibility index (Phi) is 8.83. The molecule has 2 fully saturated rings. The zero-order valence-electron chi connectivity index (χ0n) is 22.1. The number of hydrogen-bond donors (Lipinski definition) is 2. The van der Waals surface area contributed by atoms with Gasteiger partial charge >= 0.3 is 0 Å². The summed E-state index contributed by atoms with van der Waals surface area (Å²) in [4.78, 5) is 44.7. The van der Waals surface area contributed by atoms with Gasteiger partial charge in [0.05, 0.1) is 13.0 Å². The predicted molar refractivity (Wildman–Crippen MR) is 155 cm³/mol. The Balaban J connectivity index is 1.13. The number of amides is 3. The number of hydrogen-bond acceptors (Lipinski definition) is 6. The van der Waals surface area contributed by atoms with E-state index < -0.39 is 6.04 Å². The molecule has 9 nitrogen and oxygen atoms in total. The lowest BCUT2D eigenvalue weighted by atomic mass is 10.1. The molecule has 3 aromatic rings. The Morgan fingerprint density at radius 1 is 0.900 bits per heavy atom. The second kappa shape index (κ2) is 12.8. The Morgan fingerprint density at radius 3 is 2.35 bits per heavy atom. The summed E-state index contributed by atoms with van der Waals surface area (Å²) in [7, 11) is 0. The molecule has 2 aliphatic rings. The van der Waals surface area contributed by atoms with E-state index in [4.69, 9.17) is 16.3 Å². The van der Waals surface area contributed by atoms with Crippen molar-refractivity contribution in [1.29, 1.82) is 0 Å². The number of carbonyl (C=O) groups excluding carboxylic acids is 3. The van der Waals surface area contributed by atoms with Crippen LogP contribution in [0.5, 0.6) is 11.5 Å². The van der Waals surface area contributed by atoms with Crippen molar-refractivity contribution in [2.45, 2.75) is 12.5 Å². The molecule has 0 aromatic heterocycles. The molecule has 2 N–H and O–H groups in total. The molecular weight excluding hydrogens is 530 g/mol. The topological polar surface area (TPSA) is 94.2 Å². The molecule has 208 valence electrons. The molecule has 3 aromatic carbocycles. The molecule has 2 heterocycles. The number of rotatable bonds is 8. The molecule has 0 bridgehead atoms. The summed E-state index contributed by atoms with van der Waals surface area (Å²) in [5.74, 6) is 0.557. The van der Waals surface area contributed by atoms with Gasteiger partial charge in [-0.2, -0.15) is 0 Å². The molecule has 0 aliphatic carbocycles. The number of nitrogens with one attached hydrogen (secondary N) is 2. The molecule has 40 heavy (non-hydrogen) atoms. The van der Waals surface area contributed by atoms with Gasteiger partial charge in [-0.15, -0.1) is 0 Å². The minimum Gasteiger partial charge on any atom is -0.457 e. The van der Waals surface area contributed by atoms with Crippen molar-refractivity contribution in [1.82, 2.24) is 15.1 Å². The molecule has 0 radical (unpaired) electrons. The van der Waals surface area contributed by atoms with Gasteiger partial charge in [0.15, 0.2) is 0 Å². The van der Waals surface area contributed by atoms with Crippen molar-refractivity contribution >= 4 is 40.7 Å². The maximum absolute atomic E-state index is 13.3. The maximum Gasteiger partial charge on any atom is 0.243 e. The van der Waals surface area contributed by atoms with Crippen LogP contribution in [0.25, 0.3) is 0 Å². The zero-order valence-corrected chi connectivity index (χ0v) is 22.8. The van der Waals surface area contributed by atoms with Crippen LogP contribution in [0.2, 0.25) is 5.02 Å². The quantitative estimate of drug-likeness (QED) is 0.436. The third-order valence-corrected chi connectivity index (χ3v) is 7.29. The standard InChI is InChI=1S/C30H32ClN5O4/c31-22-5-4-6-24(19-22)35-17-15-34(16-18-35)21-29(38)36-14-13-32-30(39)27(36)20-28(37)33-23-9-11-26(12-10-23)40-25-7-2-1-3-8-25/h1-12,19,27H,13-18,20-21H2,(H,32,39)(H,33,37)/t27-/m1/s1. The number of halogens is 1. The van der Waals surface area contributed by atoms with Crippen LogP contribution < -0.4 is 20.3 Å². The van der Waals surface area contributed by atoms with Crippen molar-refractivity contribution < 1.29 is 19.1 Å². The lowest BCUT2D eigenvalue weighted by Crippen LogP contribution is -2.60. The van der Waals surface area contributed by atoms with Gasteiger partial charge in [0.1, 0.15) is 17.5 Å². The van der Waals surface area contributed by atoms with Crippen LogP contribution >= 0.6 is 11.6 Å².